The van der Waals surface area contributed by atoms with Crippen molar-refractivity contribution in [3.63, 3.8) is 0 Å². The molecule has 1 atom stereocenters. The molecular formula is C21H23F3N4O2. The summed E-state index contributed by atoms with van der Waals surface area (Å²) < 4.78 is 45.6. The molecule has 160 valence electrons. The van der Waals surface area contributed by atoms with E-state index >= 15 is 0 Å². The van der Waals surface area contributed by atoms with E-state index in [1.807, 2.05) is 25.8 Å². The van der Waals surface area contributed by atoms with Crippen LogP contribution in [0.5, 0.6) is 0 Å². The summed E-state index contributed by atoms with van der Waals surface area (Å²) in [6.45, 7) is 3.77. The van der Waals surface area contributed by atoms with Crippen molar-refractivity contribution in [1.29, 1.82) is 0 Å². The third-order valence-electron chi connectivity index (χ3n) is 5.91. The zero-order valence-electron chi connectivity index (χ0n) is 17.0. The molecule has 9 heteroatoms. The maximum atomic E-state index is 13.3. The van der Waals surface area contributed by atoms with Crippen molar-refractivity contribution in [2.24, 2.45) is 5.92 Å². The van der Waals surface area contributed by atoms with Crippen molar-refractivity contribution < 1.29 is 22.7 Å². The third-order valence-corrected chi connectivity index (χ3v) is 5.91. The van der Waals surface area contributed by atoms with E-state index in [1.165, 1.54) is 0 Å². The number of likely N-dealkylation sites (N-methyl/N-ethyl adjacent to an activating group) is 1. The summed E-state index contributed by atoms with van der Waals surface area (Å²) in [4.78, 5) is 22.7. The average Bonchev–Trinajstić information content (AvgIpc) is 2.68. The summed E-state index contributed by atoms with van der Waals surface area (Å²) in [5, 5.41) is 2.80. The van der Waals surface area contributed by atoms with Crippen LogP contribution < -0.4 is 10.2 Å². The molecule has 30 heavy (non-hydrogen) atoms. The molecule has 1 N–H and O–H groups in total. The molecular weight excluding hydrogens is 397 g/mol. The maximum Gasteiger partial charge on any atom is 0.246 e. The SMILES string of the molecule is C[C@H]1C(=O)Nc2cnc(CC3CC(C)(OCc4cc(F)c(F)c(F)c4)C3)nc2N1C. The number of amides is 1. The van der Waals surface area contributed by atoms with Gasteiger partial charge < -0.3 is 15.0 Å². The van der Waals surface area contributed by atoms with E-state index in [4.69, 9.17) is 4.74 Å². The summed E-state index contributed by atoms with van der Waals surface area (Å²) in [7, 11) is 1.83. The number of hydrogen-bond donors (Lipinski definition) is 1. The first-order chi connectivity index (χ1) is 14.1. The molecule has 0 radical (unpaired) electrons. The van der Waals surface area contributed by atoms with Crippen LogP contribution in [-0.2, 0) is 22.6 Å². The molecule has 0 bridgehead atoms. The fourth-order valence-corrected chi connectivity index (χ4v) is 4.09. The van der Waals surface area contributed by atoms with E-state index < -0.39 is 23.1 Å². The number of benzene rings is 1. The number of hydrogen-bond acceptors (Lipinski definition) is 5. The summed E-state index contributed by atoms with van der Waals surface area (Å²) in [5.74, 6) is -2.29. The van der Waals surface area contributed by atoms with E-state index in [2.05, 4.69) is 15.3 Å². The third kappa shape index (κ3) is 3.86. The van der Waals surface area contributed by atoms with Crippen molar-refractivity contribution >= 4 is 17.4 Å². The largest absolute Gasteiger partial charge is 0.371 e. The van der Waals surface area contributed by atoms with E-state index in [-0.39, 0.29) is 24.1 Å². The van der Waals surface area contributed by atoms with Crippen molar-refractivity contribution in [2.45, 2.75) is 51.4 Å². The second kappa shape index (κ2) is 7.54. The Morgan fingerprint density at radius 1 is 1.27 bits per heavy atom. The van der Waals surface area contributed by atoms with Crippen molar-refractivity contribution in [3.8, 4) is 0 Å². The molecule has 1 aliphatic heterocycles. The number of rotatable bonds is 5. The minimum absolute atomic E-state index is 0.00899. The van der Waals surface area contributed by atoms with Crippen molar-refractivity contribution in [3.05, 3.63) is 47.2 Å². The Balaban J connectivity index is 1.34. The van der Waals surface area contributed by atoms with Crippen LogP contribution in [0.2, 0.25) is 0 Å². The quantitative estimate of drug-likeness (QED) is 0.749. The molecule has 1 aromatic carbocycles. The van der Waals surface area contributed by atoms with Crippen molar-refractivity contribution in [2.75, 3.05) is 17.3 Å². The molecule has 0 saturated heterocycles. The monoisotopic (exact) mass is 420 g/mol. The lowest BCUT2D eigenvalue weighted by Gasteiger charge is -2.45. The Kier molecular flexibility index (Phi) is 5.17. The van der Waals surface area contributed by atoms with Gasteiger partial charge in [-0.15, -0.1) is 0 Å². The van der Waals surface area contributed by atoms with E-state index in [1.54, 1.807) is 6.20 Å². The highest BCUT2D eigenvalue weighted by molar-refractivity contribution is 6.02. The predicted octanol–water partition coefficient (Wildman–Crippen LogP) is 3.60. The highest BCUT2D eigenvalue weighted by Crippen LogP contribution is 2.43. The van der Waals surface area contributed by atoms with E-state index in [0.29, 0.717) is 29.7 Å². The van der Waals surface area contributed by atoms with E-state index in [9.17, 15) is 18.0 Å². The molecule has 2 heterocycles. The molecule has 1 aliphatic carbocycles. The van der Waals surface area contributed by atoms with Crippen LogP contribution in [0.25, 0.3) is 0 Å². The molecule has 2 aliphatic rings. The Bertz CT molecular complexity index is 971. The average molecular weight is 420 g/mol. The zero-order valence-corrected chi connectivity index (χ0v) is 17.0. The Morgan fingerprint density at radius 3 is 2.60 bits per heavy atom. The summed E-state index contributed by atoms with van der Waals surface area (Å²) in [5.41, 5.74) is 0.442. The number of aromatic nitrogens is 2. The van der Waals surface area contributed by atoms with Crippen LogP contribution in [0.4, 0.5) is 24.7 Å². The van der Waals surface area contributed by atoms with Gasteiger partial charge in [0.15, 0.2) is 23.3 Å². The van der Waals surface area contributed by atoms with Gasteiger partial charge in [0.05, 0.1) is 18.4 Å². The van der Waals surface area contributed by atoms with Crippen molar-refractivity contribution in [1.82, 2.24) is 9.97 Å². The zero-order chi connectivity index (χ0) is 21.6. The number of carbonyl (C=O) groups excluding carboxylic acids is 1. The standard InChI is InChI=1S/C21H23F3N4O2/c1-11-20(29)26-16-9-25-17(27-19(16)28(11)3)6-13-7-21(2,8-13)30-10-12-4-14(22)18(24)15(23)5-12/h4-5,9,11,13H,6-8,10H2,1-3H3,(H,26,29)/t11-,13?,21?/m0/s1. The number of fused-ring (bicyclic) bond motifs is 1. The summed E-state index contributed by atoms with van der Waals surface area (Å²) >= 11 is 0. The highest BCUT2D eigenvalue weighted by atomic mass is 19.2. The van der Waals surface area contributed by atoms with Gasteiger partial charge in [0.1, 0.15) is 17.6 Å². The molecule has 0 unspecified atom stereocenters. The number of carbonyl (C=O) groups is 1. The van der Waals surface area contributed by atoms with Gasteiger partial charge >= 0.3 is 0 Å². The first kappa shape index (κ1) is 20.6. The topological polar surface area (TPSA) is 67.3 Å². The van der Waals surface area contributed by atoms with Gasteiger partial charge in [-0.05, 0) is 50.3 Å². The second-order valence-corrected chi connectivity index (χ2v) is 8.39. The first-order valence-electron chi connectivity index (χ1n) is 9.82. The van der Waals surface area contributed by atoms with Crippen LogP contribution in [0.15, 0.2) is 18.3 Å². The smallest absolute Gasteiger partial charge is 0.246 e. The Hall–Kier alpha value is -2.68. The van der Waals surface area contributed by atoms with Gasteiger partial charge in [0.2, 0.25) is 5.91 Å². The summed E-state index contributed by atoms with van der Waals surface area (Å²) in [6, 6.07) is 1.60. The molecule has 1 aromatic heterocycles. The van der Waals surface area contributed by atoms with Crippen LogP contribution >= 0.6 is 0 Å². The first-order valence-corrected chi connectivity index (χ1v) is 9.82. The van der Waals surface area contributed by atoms with Gasteiger partial charge in [0, 0.05) is 13.5 Å². The molecule has 2 aromatic rings. The van der Waals surface area contributed by atoms with Crippen LogP contribution in [0.3, 0.4) is 0 Å². The highest BCUT2D eigenvalue weighted by Gasteiger charge is 2.41. The molecule has 1 fully saturated rings. The number of anilines is 2. The molecule has 1 saturated carbocycles. The molecule has 6 nitrogen and oxygen atoms in total. The molecule has 4 rings (SSSR count). The number of ether oxygens (including phenoxy) is 1. The lowest BCUT2D eigenvalue weighted by Crippen LogP contribution is -2.45. The Labute approximate surface area is 172 Å². The van der Waals surface area contributed by atoms with Gasteiger partial charge in [-0.2, -0.15) is 0 Å². The maximum absolute atomic E-state index is 13.3. The minimum atomic E-state index is -1.47. The van der Waals surface area contributed by atoms with Crippen LogP contribution in [0.1, 0.15) is 38.1 Å². The van der Waals surface area contributed by atoms with Crippen LogP contribution in [-0.4, -0.2) is 34.6 Å². The van der Waals surface area contributed by atoms with Gasteiger partial charge in [-0.3, -0.25) is 4.79 Å². The second-order valence-electron chi connectivity index (χ2n) is 8.39. The normalized spacial score (nSPS) is 25.5. The lowest BCUT2D eigenvalue weighted by molar-refractivity contribution is -0.124. The Morgan fingerprint density at radius 2 is 1.93 bits per heavy atom. The predicted molar refractivity (Wildman–Crippen MR) is 104 cm³/mol. The number of halogens is 3. The number of nitrogens with zero attached hydrogens (tertiary/aromatic N) is 3. The minimum Gasteiger partial charge on any atom is -0.371 e. The fraction of sp³-hybridized carbons (Fsp3) is 0.476. The summed E-state index contributed by atoms with van der Waals surface area (Å²) in [6.07, 6.45) is 3.80. The van der Waals surface area contributed by atoms with Gasteiger partial charge in [0.25, 0.3) is 0 Å². The van der Waals surface area contributed by atoms with Gasteiger partial charge in [-0.25, -0.2) is 23.1 Å². The fourth-order valence-electron chi connectivity index (χ4n) is 4.09. The molecule has 1 amide bonds. The van der Waals surface area contributed by atoms with E-state index in [0.717, 1.165) is 25.0 Å². The number of nitrogens with one attached hydrogen (secondary N) is 1. The van der Waals surface area contributed by atoms with Crippen LogP contribution in [0, 0.1) is 23.4 Å². The molecule has 0 spiro atoms. The van der Waals surface area contributed by atoms with Gasteiger partial charge in [-0.1, -0.05) is 0 Å². The lowest BCUT2D eigenvalue weighted by atomic mass is 9.70.